The lowest BCUT2D eigenvalue weighted by Crippen LogP contribution is -2.41. The fraction of sp³-hybridized carbons (Fsp3) is 0.444. The van der Waals surface area contributed by atoms with Crippen molar-refractivity contribution in [1.29, 1.82) is 0 Å². The molecular formula is C18H19ClF3N3O3. The number of hydrogen-bond donors (Lipinski definition) is 1. The largest absolute Gasteiger partial charge is 0.416 e. The first-order valence-electron chi connectivity index (χ1n) is 8.74. The number of nitrogens with zero attached hydrogens (tertiary/aromatic N) is 3. The molecule has 1 aromatic carbocycles. The van der Waals surface area contributed by atoms with E-state index in [0.717, 1.165) is 29.7 Å². The molecule has 0 bridgehead atoms. The zero-order valence-electron chi connectivity index (χ0n) is 14.8. The van der Waals surface area contributed by atoms with E-state index >= 15 is 0 Å². The average molecular weight is 418 g/mol. The highest BCUT2D eigenvalue weighted by Crippen LogP contribution is 2.30. The Morgan fingerprint density at radius 3 is 2.86 bits per heavy atom. The number of ether oxygens (including phenoxy) is 1. The van der Waals surface area contributed by atoms with Gasteiger partial charge in [0.15, 0.2) is 0 Å². The van der Waals surface area contributed by atoms with E-state index in [-0.39, 0.29) is 30.0 Å². The zero-order valence-corrected chi connectivity index (χ0v) is 15.6. The number of halogens is 4. The van der Waals surface area contributed by atoms with Crippen molar-refractivity contribution in [3.8, 4) is 5.69 Å². The second-order valence-electron chi connectivity index (χ2n) is 6.41. The molecule has 0 radical (unpaired) electrons. The fourth-order valence-electron chi connectivity index (χ4n) is 3.15. The molecule has 1 aliphatic rings. The topological polar surface area (TPSA) is 67.6 Å². The number of aromatic nitrogens is 2. The molecule has 3 rings (SSSR count). The number of piperidine rings is 1. The first-order valence-corrected chi connectivity index (χ1v) is 9.12. The molecule has 6 nitrogen and oxygen atoms in total. The van der Waals surface area contributed by atoms with Crippen molar-refractivity contribution in [3.05, 3.63) is 51.4 Å². The minimum Gasteiger partial charge on any atom is -0.394 e. The number of hydrogen-bond acceptors (Lipinski definition) is 5. The lowest BCUT2D eigenvalue weighted by atomic mass is 10.1. The second-order valence-corrected chi connectivity index (χ2v) is 6.79. The molecule has 1 saturated heterocycles. The summed E-state index contributed by atoms with van der Waals surface area (Å²) in [4.78, 5) is 14.5. The van der Waals surface area contributed by atoms with Crippen molar-refractivity contribution in [3.63, 3.8) is 0 Å². The normalized spacial score (nSPS) is 17.8. The van der Waals surface area contributed by atoms with Crippen molar-refractivity contribution in [2.24, 2.45) is 0 Å². The lowest BCUT2D eigenvalue weighted by Gasteiger charge is -2.34. The summed E-state index contributed by atoms with van der Waals surface area (Å²) in [6.45, 7) is 1.27. The van der Waals surface area contributed by atoms with Gasteiger partial charge in [0.05, 0.1) is 42.5 Å². The van der Waals surface area contributed by atoms with Crippen LogP contribution in [0, 0.1) is 0 Å². The summed E-state index contributed by atoms with van der Waals surface area (Å²) in [6.07, 6.45) is -1.63. The maximum absolute atomic E-state index is 12.9. The highest BCUT2D eigenvalue weighted by atomic mass is 35.5. The van der Waals surface area contributed by atoms with Gasteiger partial charge in [-0.15, -0.1) is 0 Å². The molecule has 1 aliphatic heterocycles. The number of benzene rings is 1. The van der Waals surface area contributed by atoms with Crippen LogP contribution >= 0.6 is 11.6 Å². The zero-order chi connectivity index (χ0) is 20.3. The molecule has 1 atom stereocenters. The van der Waals surface area contributed by atoms with Gasteiger partial charge >= 0.3 is 6.18 Å². The summed E-state index contributed by atoms with van der Waals surface area (Å²) in [5.74, 6) is 0. The first kappa shape index (κ1) is 20.6. The third-order valence-corrected chi connectivity index (χ3v) is 4.84. The molecule has 2 aromatic rings. The molecule has 10 heteroatoms. The van der Waals surface area contributed by atoms with E-state index in [2.05, 4.69) is 5.10 Å². The first-order chi connectivity index (χ1) is 13.3. The van der Waals surface area contributed by atoms with Crippen molar-refractivity contribution < 1.29 is 23.0 Å². The fourth-order valence-corrected chi connectivity index (χ4v) is 3.40. The van der Waals surface area contributed by atoms with Crippen molar-refractivity contribution in [1.82, 2.24) is 9.78 Å². The van der Waals surface area contributed by atoms with E-state index in [9.17, 15) is 18.0 Å². The third-order valence-electron chi connectivity index (χ3n) is 4.48. The molecular weight excluding hydrogens is 399 g/mol. The summed E-state index contributed by atoms with van der Waals surface area (Å²) in [7, 11) is 0. The van der Waals surface area contributed by atoms with E-state index in [1.807, 2.05) is 4.90 Å². The van der Waals surface area contributed by atoms with Crippen molar-refractivity contribution in [2.45, 2.75) is 25.1 Å². The quantitative estimate of drug-likeness (QED) is 0.810. The van der Waals surface area contributed by atoms with E-state index in [1.165, 1.54) is 18.3 Å². The van der Waals surface area contributed by atoms with Gasteiger partial charge in [0, 0.05) is 13.1 Å². The highest BCUT2D eigenvalue weighted by molar-refractivity contribution is 6.33. The van der Waals surface area contributed by atoms with Gasteiger partial charge in [-0.3, -0.25) is 4.79 Å². The summed E-state index contributed by atoms with van der Waals surface area (Å²) in [5, 5.41) is 12.8. The van der Waals surface area contributed by atoms with E-state index < -0.39 is 17.3 Å². The smallest absolute Gasteiger partial charge is 0.394 e. The predicted octanol–water partition coefficient (Wildman–Crippen LogP) is 2.88. The Kier molecular flexibility index (Phi) is 6.26. The Bertz CT molecular complexity index is 888. The maximum Gasteiger partial charge on any atom is 0.416 e. The summed E-state index contributed by atoms with van der Waals surface area (Å²) in [6, 6.07) is 4.34. The Morgan fingerprint density at radius 2 is 2.14 bits per heavy atom. The van der Waals surface area contributed by atoms with Gasteiger partial charge in [0.1, 0.15) is 5.02 Å². The van der Waals surface area contributed by atoms with Crippen LogP contribution in [0.3, 0.4) is 0 Å². The van der Waals surface area contributed by atoms with Gasteiger partial charge in [0.25, 0.3) is 5.56 Å². The van der Waals surface area contributed by atoms with E-state index in [1.54, 1.807) is 0 Å². The molecule has 1 aromatic heterocycles. The minimum absolute atomic E-state index is 0.0175. The minimum atomic E-state index is -4.53. The Hall–Kier alpha value is -2.10. The highest BCUT2D eigenvalue weighted by Gasteiger charge is 2.31. The molecule has 0 aliphatic carbocycles. The average Bonchev–Trinajstić information content (AvgIpc) is 2.68. The molecule has 0 spiro atoms. The van der Waals surface area contributed by atoms with Crippen LogP contribution in [0.25, 0.3) is 5.69 Å². The van der Waals surface area contributed by atoms with Gasteiger partial charge in [-0.2, -0.15) is 23.0 Å². The van der Waals surface area contributed by atoms with Gasteiger partial charge in [-0.05, 0) is 31.0 Å². The number of aliphatic hydroxyl groups excluding tert-OH is 1. The molecule has 1 fully saturated rings. The van der Waals surface area contributed by atoms with Gasteiger partial charge in [-0.1, -0.05) is 17.7 Å². The van der Waals surface area contributed by atoms with E-state index in [4.69, 9.17) is 21.4 Å². The Balaban J connectivity index is 1.89. The molecule has 0 saturated carbocycles. The van der Waals surface area contributed by atoms with Crippen LogP contribution < -0.4 is 10.5 Å². The SMILES string of the molecule is O=c1c(Cl)c(N2CCCC(OCCO)C2)cnn1-c1cccc(C(F)(F)F)c1. The third kappa shape index (κ3) is 4.48. The Morgan fingerprint density at radius 1 is 1.36 bits per heavy atom. The molecule has 28 heavy (non-hydrogen) atoms. The molecule has 1 unspecified atom stereocenters. The van der Waals surface area contributed by atoms with E-state index in [0.29, 0.717) is 18.8 Å². The predicted molar refractivity (Wildman–Crippen MR) is 98.1 cm³/mol. The van der Waals surface area contributed by atoms with Crippen molar-refractivity contribution in [2.75, 3.05) is 31.2 Å². The van der Waals surface area contributed by atoms with Crippen LogP contribution in [0.4, 0.5) is 18.9 Å². The second kappa shape index (κ2) is 8.50. The van der Waals surface area contributed by atoms with Crippen LogP contribution in [0.5, 0.6) is 0 Å². The standard InChI is InChI=1S/C18H19ClF3N3O3/c19-16-15(24-6-2-5-14(11-24)28-8-7-26)10-23-25(17(16)27)13-4-1-3-12(9-13)18(20,21)22/h1,3-4,9-10,14,26H,2,5-8,11H2. The summed E-state index contributed by atoms with van der Waals surface area (Å²) < 4.78 is 45.2. The molecule has 1 N–H and O–H groups in total. The van der Waals surface area contributed by atoms with Crippen LogP contribution in [0.2, 0.25) is 5.02 Å². The summed E-state index contributed by atoms with van der Waals surface area (Å²) in [5.41, 5.74) is -1.18. The molecule has 0 amide bonds. The van der Waals surface area contributed by atoms with Gasteiger partial charge in [0.2, 0.25) is 0 Å². The molecule has 2 heterocycles. The number of aliphatic hydroxyl groups is 1. The van der Waals surface area contributed by atoms with Gasteiger partial charge in [-0.25, -0.2) is 0 Å². The Labute approximate surface area is 164 Å². The number of anilines is 1. The summed E-state index contributed by atoms with van der Waals surface area (Å²) >= 11 is 6.25. The van der Waals surface area contributed by atoms with Crippen molar-refractivity contribution >= 4 is 17.3 Å². The van der Waals surface area contributed by atoms with Crippen LogP contribution in [-0.4, -0.2) is 47.3 Å². The lowest BCUT2D eigenvalue weighted by molar-refractivity contribution is -0.137. The van der Waals surface area contributed by atoms with Crippen LogP contribution in [0.1, 0.15) is 18.4 Å². The van der Waals surface area contributed by atoms with Crippen LogP contribution in [0.15, 0.2) is 35.3 Å². The monoisotopic (exact) mass is 417 g/mol. The van der Waals surface area contributed by atoms with Gasteiger partial charge < -0.3 is 14.7 Å². The maximum atomic E-state index is 12.9. The van der Waals surface area contributed by atoms with Crippen LogP contribution in [-0.2, 0) is 10.9 Å². The number of alkyl halides is 3. The number of rotatable bonds is 5. The molecule has 152 valence electrons.